The van der Waals surface area contributed by atoms with Gasteiger partial charge in [0.15, 0.2) is 17.0 Å². The first kappa shape index (κ1) is 40.2. The number of methoxy groups -OCH3 is 2. The Morgan fingerprint density at radius 3 is 1.67 bits per heavy atom. The number of aliphatic hydroxyl groups is 1. The molecule has 0 aliphatic heterocycles. The van der Waals surface area contributed by atoms with Gasteiger partial charge in [-0.3, -0.25) is 4.57 Å². The van der Waals surface area contributed by atoms with Crippen molar-refractivity contribution >= 4 is 34.3 Å². The average molecular weight is 818 g/mol. The molecule has 6 aromatic carbocycles. The molecule has 1 N–H and O–H groups in total. The number of hydrogen-bond donors (Lipinski definition) is 1. The standard InChI is InChI=1S/C49H44ClN5O5/c1-57-41-27-23-39(24-28-41)49(37-19-11-5-12-20-37,38-21-13-6-14-22-38)60-32-43(31-56)59-34-54-33-51-44-46(54)52-48(50)53-47(44)55(40-25-29-42(58-2)30-26-40)45(35-15-7-3-8-16-35)36-17-9-4-10-18-36/h3-30,33,43,45,56H,31-32,34H2,1-2H3. The van der Waals surface area contributed by atoms with Crippen LogP contribution in [0.2, 0.25) is 5.28 Å². The van der Waals surface area contributed by atoms with E-state index in [2.05, 4.69) is 34.1 Å². The van der Waals surface area contributed by atoms with E-state index >= 15 is 0 Å². The number of halogens is 1. The molecule has 0 amide bonds. The van der Waals surface area contributed by atoms with Crippen LogP contribution in [0, 0.1) is 0 Å². The predicted molar refractivity (Wildman–Crippen MR) is 234 cm³/mol. The summed E-state index contributed by atoms with van der Waals surface area (Å²) in [4.78, 5) is 16.5. The lowest BCUT2D eigenvalue weighted by molar-refractivity contribution is -0.0970. The summed E-state index contributed by atoms with van der Waals surface area (Å²) < 4.78 is 26.2. The molecule has 0 bridgehead atoms. The topological polar surface area (TPSA) is 104 Å². The number of anilines is 2. The van der Waals surface area contributed by atoms with Gasteiger partial charge in [-0.15, -0.1) is 0 Å². The molecule has 2 heterocycles. The molecule has 0 aliphatic rings. The highest BCUT2D eigenvalue weighted by Crippen LogP contribution is 2.43. The minimum atomic E-state index is -1.04. The van der Waals surface area contributed by atoms with Crippen molar-refractivity contribution < 1.29 is 24.1 Å². The van der Waals surface area contributed by atoms with Crippen molar-refractivity contribution in [1.29, 1.82) is 0 Å². The zero-order valence-electron chi connectivity index (χ0n) is 33.2. The molecule has 0 radical (unpaired) electrons. The smallest absolute Gasteiger partial charge is 0.226 e. The highest BCUT2D eigenvalue weighted by Gasteiger charge is 2.38. The van der Waals surface area contributed by atoms with Crippen LogP contribution in [0.3, 0.4) is 0 Å². The third-order valence-corrected chi connectivity index (χ3v) is 10.7. The number of nitrogens with zero attached hydrogens (tertiary/aromatic N) is 5. The fraction of sp³-hybridized carbons (Fsp3) is 0.163. The molecule has 0 saturated heterocycles. The van der Waals surface area contributed by atoms with Crippen molar-refractivity contribution in [2.75, 3.05) is 32.3 Å². The molecular formula is C49H44ClN5O5. The summed E-state index contributed by atoms with van der Waals surface area (Å²) >= 11 is 6.79. The van der Waals surface area contributed by atoms with Gasteiger partial charge in [-0.25, -0.2) is 4.98 Å². The second kappa shape index (κ2) is 18.6. The van der Waals surface area contributed by atoms with Crippen molar-refractivity contribution in [3.63, 3.8) is 0 Å². The van der Waals surface area contributed by atoms with E-state index in [1.807, 2.05) is 146 Å². The van der Waals surface area contributed by atoms with Gasteiger partial charge in [-0.05, 0) is 75.8 Å². The van der Waals surface area contributed by atoms with Crippen molar-refractivity contribution in [1.82, 2.24) is 19.5 Å². The maximum atomic E-state index is 10.7. The maximum absolute atomic E-state index is 10.7. The molecule has 302 valence electrons. The van der Waals surface area contributed by atoms with E-state index in [-0.39, 0.29) is 31.3 Å². The second-order valence-corrected chi connectivity index (χ2v) is 14.4. The van der Waals surface area contributed by atoms with E-state index in [4.69, 9.17) is 40.5 Å². The average Bonchev–Trinajstić information content (AvgIpc) is 3.73. The Balaban J connectivity index is 1.14. The summed E-state index contributed by atoms with van der Waals surface area (Å²) in [6, 6.07) is 55.9. The molecule has 11 heteroatoms. The summed E-state index contributed by atoms with van der Waals surface area (Å²) in [5.74, 6) is 1.95. The van der Waals surface area contributed by atoms with Gasteiger partial charge in [0.1, 0.15) is 29.9 Å². The van der Waals surface area contributed by atoms with Gasteiger partial charge < -0.3 is 29.0 Å². The van der Waals surface area contributed by atoms with Gasteiger partial charge in [-0.1, -0.05) is 133 Å². The molecule has 0 spiro atoms. The largest absolute Gasteiger partial charge is 0.497 e. The van der Waals surface area contributed by atoms with Crippen LogP contribution < -0.4 is 14.4 Å². The van der Waals surface area contributed by atoms with Crippen LogP contribution in [0.25, 0.3) is 11.2 Å². The van der Waals surface area contributed by atoms with Crippen LogP contribution in [0.1, 0.15) is 33.9 Å². The van der Waals surface area contributed by atoms with Crippen molar-refractivity contribution in [3.8, 4) is 11.5 Å². The number of fused-ring (bicyclic) bond motifs is 1. The zero-order valence-corrected chi connectivity index (χ0v) is 34.0. The van der Waals surface area contributed by atoms with Gasteiger partial charge in [0.05, 0.1) is 39.8 Å². The first-order valence-electron chi connectivity index (χ1n) is 19.6. The Morgan fingerprint density at radius 2 is 1.15 bits per heavy atom. The highest BCUT2D eigenvalue weighted by molar-refractivity contribution is 6.28. The van der Waals surface area contributed by atoms with Crippen LogP contribution in [0.4, 0.5) is 11.5 Å². The van der Waals surface area contributed by atoms with Gasteiger partial charge in [0.25, 0.3) is 0 Å². The predicted octanol–water partition coefficient (Wildman–Crippen LogP) is 9.77. The van der Waals surface area contributed by atoms with Crippen molar-refractivity contribution in [2.24, 2.45) is 0 Å². The minimum Gasteiger partial charge on any atom is -0.497 e. The number of aliphatic hydroxyl groups excluding tert-OH is 1. The molecule has 10 nitrogen and oxygen atoms in total. The molecule has 1 unspecified atom stereocenters. The first-order chi connectivity index (χ1) is 29.5. The van der Waals surface area contributed by atoms with Gasteiger partial charge in [-0.2, -0.15) is 9.97 Å². The molecule has 60 heavy (non-hydrogen) atoms. The lowest BCUT2D eigenvalue weighted by Crippen LogP contribution is -2.37. The number of aromatic nitrogens is 4. The maximum Gasteiger partial charge on any atom is 0.226 e. The first-order valence-corrected chi connectivity index (χ1v) is 19.9. The molecule has 0 saturated carbocycles. The summed E-state index contributed by atoms with van der Waals surface area (Å²) in [6.45, 7) is -0.272. The normalized spacial score (nSPS) is 12.1. The minimum absolute atomic E-state index is 0.00653. The Kier molecular flexibility index (Phi) is 12.5. The van der Waals surface area contributed by atoms with E-state index in [0.717, 1.165) is 45.0 Å². The van der Waals surface area contributed by atoms with E-state index in [1.54, 1.807) is 25.1 Å². The lowest BCUT2D eigenvalue weighted by Gasteiger charge is -2.37. The van der Waals surface area contributed by atoms with Crippen LogP contribution in [-0.2, 0) is 21.8 Å². The quantitative estimate of drug-likeness (QED) is 0.0711. The van der Waals surface area contributed by atoms with Gasteiger partial charge in [0.2, 0.25) is 5.28 Å². The number of ether oxygens (including phenoxy) is 4. The van der Waals surface area contributed by atoms with Gasteiger partial charge >= 0.3 is 0 Å². The molecule has 0 aliphatic carbocycles. The molecule has 8 rings (SSSR count). The van der Waals surface area contributed by atoms with Crippen LogP contribution in [-0.4, -0.2) is 58.2 Å². The lowest BCUT2D eigenvalue weighted by atomic mass is 9.80. The number of rotatable bonds is 17. The number of imidazole rings is 1. The van der Waals surface area contributed by atoms with Crippen LogP contribution in [0.15, 0.2) is 176 Å². The van der Waals surface area contributed by atoms with E-state index in [1.165, 1.54) is 0 Å². The zero-order chi connectivity index (χ0) is 41.3. The summed E-state index contributed by atoms with van der Waals surface area (Å²) in [7, 11) is 3.28. The molecular weight excluding hydrogens is 774 g/mol. The van der Waals surface area contributed by atoms with Crippen molar-refractivity contribution in [2.45, 2.75) is 24.5 Å². The van der Waals surface area contributed by atoms with Crippen molar-refractivity contribution in [3.05, 3.63) is 209 Å². The molecule has 2 aromatic heterocycles. The fourth-order valence-electron chi connectivity index (χ4n) is 7.54. The second-order valence-electron chi connectivity index (χ2n) is 14.0. The Morgan fingerprint density at radius 1 is 0.650 bits per heavy atom. The van der Waals surface area contributed by atoms with E-state index in [9.17, 15) is 5.11 Å². The van der Waals surface area contributed by atoms with Crippen LogP contribution in [0.5, 0.6) is 11.5 Å². The van der Waals surface area contributed by atoms with Crippen LogP contribution >= 0.6 is 11.6 Å². The number of hydrogen-bond acceptors (Lipinski definition) is 9. The highest BCUT2D eigenvalue weighted by atomic mass is 35.5. The monoisotopic (exact) mass is 817 g/mol. The summed E-state index contributed by atoms with van der Waals surface area (Å²) in [5.41, 5.74) is 5.57. The molecule has 1 atom stereocenters. The van der Waals surface area contributed by atoms with E-state index < -0.39 is 11.7 Å². The Hall–Kier alpha value is -6.56. The molecule has 8 aromatic rings. The Bertz CT molecular complexity index is 2500. The number of benzene rings is 6. The van der Waals surface area contributed by atoms with E-state index in [0.29, 0.717) is 17.0 Å². The fourth-order valence-corrected chi connectivity index (χ4v) is 7.70. The van der Waals surface area contributed by atoms with Gasteiger partial charge in [0, 0.05) is 5.69 Å². The SMILES string of the molecule is COc1ccc(N(c2nc(Cl)nc3c2ncn3COC(CO)COC(c2ccccc2)(c2ccccc2)c2ccc(OC)cc2)C(c2ccccc2)c2ccccc2)cc1. The summed E-state index contributed by atoms with van der Waals surface area (Å²) in [6.07, 6.45) is 0.914. The third-order valence-electron chi connectivity index (χ3n) is 10.5. The Labute approximate surface area is 354 Å². The summed E-state index contributed by atoms with van der Waals surface area (Å²) in [5, 5.41) is 10.8. The molecule has 0 fully saturated rings. The third kappa shape index (κ3) is 8.32.